The topological polar surface area (TPSA) is 70.4 Å². The predicted octanol–water partition coefficient (Wildman–Crippen LogP) is 2.23. The molecule has 0 fully saturated rings. The Kier molecular flexibility index (Phi) is 4.52. The Balaban J connectivity index is 2.62. The maximum atomic E-state index is 12.6. The zero-order chi connectivity index (χ0) is 15.5. The highest BCUT2D eigenvalue weighted by atomic mass is 32.2. The third kappa shape index (κ3) is 3.02. The van der Waals surface area contributed by atoms with Crippen molar-refractivity contribution in [3.05, 3.63) is 36.4 Å². The van der Waals surface area contributed by atoms with Crippen LogP contribution in [0.2, 0.25) is 0 Å². The maximum Gasteiger partial charge on any atom is 0.272 e. The molecule has 0 saturated carbocycles. The van der Waals surface area contributed by atoms with E-state index < -0.39 is 10.0 Å². The first-order valence-electron chi connectivity index (χ1n) is 6.64. The second kappa shape index (κ2) is 6.17. The average molecular weight is 310 g/mol. The van der Waals surface area contributed by atoms with Crippen LogP contribution in [0.4, 0.5) is 0 Å². The van der Waals surface area contributed by atoms with Crippen LogP contribution in [0.15, 0.2) is 35.7 Å². The van der Waals surface area contributed by atoms with Crippen LogP contribution in [0.3, 0.4) is 0 Å². The van der Waals surface area contributed by atoms with E-state index in [-0.39, 0.29) is 4.90 Å². The fourth-order valence-electron chi connectivity index (χ4n) is 1.93. The van der Waals surface area contributed by atoms with Gasteiger partial charge in [-0.25, -0.2) is 17.4 Å². The summed E-state index contributed by atoms with van der Waals surface area (Å²) in [5.74, 6) is 0.840. The zero-order valence-corrected chi connectivity index (χ0v) is 13.1. The molecule has 6 nitrogen and oxygen atoms in total. The zero-order valence-electron chi connectivity index (χ0n) is 12.2. The minimum atomic E-state index is -3.76. The van der Waals surface area contributed by atoms with Crippen molar-refractivity contribution in [3.8, 4) is 11.5 Å². The van der Waals surface area contributed by atoms with Crippen LogP contribution in [-0.2, 0) is 10.0 Å². The standard InChI is InChI=1S/C14H18N2O4S/c1-4-19-12-9-14(13(20-5-2)8-11(12)3)21(17,18)16-7-6-15-10-16/h6-10H,4-5H2,1-3H3. The number of aryl methyl sites for hydroxylation is 1. The molecular weight excluding hydrogens is 292 g/mol. The van der Waals surface area contributed by atoms with Crippen LogP contribution in [0.5, 0.6) is 11.5 Å². The van der Waals surface area contributed by atoms with Gasteiger partial charge in [-0.15, -0.1) is 0 Å². The molecule has 0 atom stereocenters. The van der Waals surface area contributed by atoms with Gasteiger partial charge >= 0.3 is 0 Å². The first-order valence-corrected chi connectivity index (χ1v) is 8.08. The van der Waals surface area contributed by atoms with Crippen molar-refractivity contribution in [2.24, 2.45) is 0 Å². The van der Waals surface area contributed by atoms with Crippen LogP contribution in [0, 0.1) is 6.92 Å². The highest BCUT2D eigenvalue weighted by molar-refractivity contribution is 7.90. The van der Waals surface area contributed by atoms with Gasteiger partial charge in [-0.2, -0.15) is 0 Å². The van der Waals surface area contributed by atoms with Gasteiger partial charge in [-0.3, -0.25) is 0 Å². The Morgan fingerprint density at radius 3 is 2.38 bits per heavy atom. The van der Waals surface area contributed by atoms with E-state index in [2.05, 4.69) is 4.98 Å². The fraction of sp³-hybridized carbons (Fsp3) is 0.357. The Bertz CT molecular complexity index is 709. The lowest BCUT2D eigenvalue weighted by Gasteiger charge is -2.15. The molecule has 0 aliphatic carbocycles. The van der Waals surface area contributed by atoms with E-state index in [0.29, 0.717) is 24.7 Å². The monoisotopic (exact) mass is 310 g/mol. The van der Waals surface area contributed by atoms with E-state index in [0.717, 1.165) is 9.54 Å². The van der Waals surface area contributed by atoms with Gasteiger partial charge in [0.2, 0.25) is 0 Å². The fourth-order valence-corrected chi connectivity index (χ4v) is 3.17. The summed E-state index contributed by atoms with van der Waals surface area (Å²) in [5, 5.41) is 0. The normalized spacial score (nSPS) is 11.4. The summed E-state index contributed by atoms with van der Waals surface area (Å²) in [6, 6.07) is 3.18. The molecule has 114 valence electrons. The summed E-state index contributed by atoms with van der Waals surface area (Å²) >= 11 is 0. The molecule has 0 saturated heterocycles. The quantitative estimate of drug-likeness (QED) is 0.818. The molecule has 0 unspecified atom stereocenters. The van der Waals surface area contributed by atoms with E-state index in [1.54, 1.807) is 13.0 Å². The molecule has 7 heteroatoms. The molecule has 0 radical (unpaired) electrons. The van der Waals surface area contributed by atoms with E-state index in [1.165, 1.54) is 24.8 Å². The molecule has 21 heavy (non-hydrogen) atoms. The molecule has 0 spiro atoms. The molecule has 0 aliphatic heterocycles. The maximum absolute atomic E-state index is 12.6. The average Bonchev–Trinajstić information content (AvgIpc) is 2.96. The molecule has 1 heterocycles. The Morgan fingerprint density at radius 2 is 1.81 bits per heavy atom. The Hall–Kier alpha value is -2.02. The van der Waals surface area contributed by atoms with Crippen LogP contribution in [-0.4, -0.2) is 30.6 Å². The SMILES string of the molecule is CCOc1cc(S(=O)(=O)n2ccnc2)c(OCC)cc1C. The van der Waals surface area contributed by atoms with Gasteiger partial charge < -0.3 is 9.47 Å². The van der Waals surface area contributed by atoms with E-state index in [4.69, 9.17) is 9.47 Å². The van der Waals surface area contributed by atoms with Gasteiger partial charge in [-0.1, -0.05) is 0 Å². The van der Waals surface area contributed by atoms with E-state index in [9.17, 15) is 8.42 Å². The summed E-state index contributed by atoms with van der Waals surface area (Å²) in [7, 11) is -3.76. The molecule has 0 bridgehead atoms. The Labute approximate surface area is 124 Å². The van der Waals surface area contributed by atoms with Gasteiger partial charge in [0.25, 0.3) is 10.0 Å². The summed E-state index contributed by atoms with van der Waals surface area (Å²) in [6.07, 6.45) is 4.03. The third-order valence-electron chi connectivity index (χ3n) is 2.88. The lowest BCUT2D eigenvalue weighted by atomic mass is 10.2. The van der Waals surface area contributed by atoms with Crippen molar-refractivity contribution >= 4 is 10.0 Å². The van der Waals surface area contributed by atoms with Crippen molar-refractivity contribution in [1.82, 2.24) is 8.96 Å². The Morgan fingerprint density at radius 1 is 1.14 bits per heavy atom. The van der Waals surface area contributed by atoms with Gasteiger partial charge in [-0.05, 0) is 32.4 Å². The second-order valence-electron chi connectivity index (χ2n) is 4.33. The van der Waals surface area contributed by atoms with Crippen molar-refractivity contribution in [2.45, 2.75) is 25.7 Å². The molecular formula is C14H18N2O4S. The lowest BCUT2D eigenvalue weighted by molar-refractivity contribution is 0.320. The minimum absolute atomic E-state index is 0.0661. The highest BCUT2D eigenvalue weighted by Crippen LogP contribution is 2.33. The molecule has 0 amide bonds. The first kappa shape index (κ1) is 15.4. The number of ether oxygens (including phenoxy) is 2. The molecule has 0 N–H and O–H groups in total. The number of aromatic nitrogens is 2. The van der Waals surface area contributed by atoms with Gasteiger partial charge in [0, 0.05) is 18.5 Å². The van der Waals surface area contributed by atoms with Crippen molar-refractivity contribution < 1.29 is 17.9 Å². The van der Waals surface area contributed by atoms with Crippen LogP contribution in [0.1, 0.15) is 19.4 Å². The van der Waals surface area contributed by atoms with Gasteiger partial charge in [0.05, 0.1) is 13.2 Å². The van der Waals surface area contributed by atoms with Crippen molar-refractivity contribution in [2.75, 3.05) is 13.2 Å². The molecule has 2 aromatic rings. The number of imidazole rings is 1. The summed E-state index contributed by atoms with van der Waals surface area (Å²) in [6.45, 7) is 6.33. The predicted molar refractivity (Wildman–Crippen MR) is 78.3 cm³/mol. The largest absolute Gasteiger partial charge is 0.494 e. The van der Waals surface area contributed by atoms with E-state index in [1.807, 2.05) is 13.8 Å². The summed E-state index contributed by atoms with van der Waals surface area (Å²) in [4.78, 5) is 3.84. The number of nitrogens with zero attached hydrogens (tertiary/aromatic N) is 2. The van der Waals surface area contributed by atoms with Gasteiger partial charge in [0.1, 0.15) is 22.7 Å². The number of benzene rings is 1. The van der Waals surface area contributed by atoms with Crippen molar-refractivity contribution in [1.29, 1.82) is 0 Å². The molecule has 1 aromatic heterocycles. The minimum Gasteiger partial charge on any atom is -0.494 e. The molecule has 1 aromatic carbocycles. The summed E-state index contributed by atoms with van der Waals surface area (Å²) < 4.78 is 37.3. The van der Waals surface area contributed by atoms with Crippen LogP contribution >= 0.6 is 0 Å². The molecule has 2 rings (SSSR count). The smallest absolute Gasteiger partial charge is 0.272 e. The highest BCUT2D eigenvalue weighted by Gasteiger charge is 2.23. The number of rotatable bonds is 6. The van der Waals surface area contributed by atoms with Crippen LogP contribution < -0.4 is 9.47 Å². The van der Waals surface area contributed by atoms with E-state index >= 15 is 0 Å². The number of hydrogen-bond acceptors (Lipinski definition) is 5. The molecule has 0 aliphatic rings. The third-order valence-corrected chi connectivity index (χ3v) is 4.52. The summed E-state index contributed by atoms with van der Waals surface area (Å²) in [5.41, 5.74) is 0.824. The van der Waals surface area contributed by atoms with Crippen LogP contribution in [0.25, 0.3) is 0 Å². The lowest BCUT2D eigenvalue weighted by Crippen LogP contribution is -2.13. The first-order chi connectivity index (χ1) is 10.0. The number of hydrogen-bond donors (Lipinski definition) is 0. The second-order valence-corrected chi connectivity index (χ2v) is 6.14. The van der Waals surface area contributed by atoms with Gasteiger partial charge in [0.15, 0.2) is 0 Å². The van der Waals surface area contributed by atoms with Crippen molar-refractivity contribution in [3.63, 3.8) is 0 Å².